The largest absolute Gasteiger partial charge is 0.370 e. The van der Waals surface area contributed by atoms with Gasteiger partial charge in [0.1, 0.15) is 23.8 Å². The molecule has 0 unspecified atom stereocenters. The molecule has 2 aromatic rings. The molecular formula is C16H21FN4. The van der Waals surface area contributed by atoms with E-state index >= 15 is 0 Å². The third-order valence-corrected chi connectivity index (χ3v) is 3.09. The Balaban J connectivity index is 2.26. The summed E-state index contributed by atoms with van der Waals surface area (Å²) in [6.45, 7) is 5.12. The summed E-state index contributed by atoms with van der Waals surface area (Å²) in [5.41, 5.74) is 1.88. The van der Waals surface area contributed by atoms with Crippen molar-refractivity contribution in [1.82, 2.24) is 9.97 Å². The van der Waals surface area contributed by atoms with E-state index in [4.69, 9.17) is 0 Å². The highest BCUT2D eigenvalue weighted by Crippen LogP contribution is 2.25. The lowest BCUT2D eigenvalue weighted by Crippen LogP contribution is -2.09. The van der Waals surface area contributed by atoms with Crippen LogP contribution in [-0.2, 0) is 6.42 Å². The van der Waals surface area contributed by atoms with Gasteiger partial charge in [0.2, 0.25) is 0 Å². The number of benzene rings is 1. The Hall–Kier alpha value is -2.17. The molecule has 5 heteroatoms. The van der Waals surface area contributed by atoms with Crippen LogP contribution >= 0.6 is 0 Å². The van der Waals surface area contributed by atoms with Crippen LogP contribution in [0.2, 0.25) is 0 Å². The second kappa shape index (κ2) is 7.57. The number of aromatic nitrogens is 2. The Morgan fingerprint density at radius 2 is 1.71 bits per heavy atom. The van der Waals surface area contributed by atoms with Crippen molar-refractivity contribution in [3.05, 3.63) is 42.0 Å². The summed E-state index contributed by atoms with van der Waals surface area (Å²) in [5, 5.41) is 6.58. The van der Waals surface area contributed by atoms with E-state index in [9.17, 15) is 4.39 Å². The van der Waals surface area contributed by atoms with Gasteiger partial charge in [0.25, 0.3) is 0 Å². The maximum Gasteiger partial charge on any atom is 0.139 e. The highest BCUT2D eigenvalue weighted by molar-refractivity contribution is 5.64. The van der Waals surface area contributed by atoms with Gasteiger partial charge in [-0.1, -0.05) is 20.3 Å². The van der Waals surface area contributed by atoms with Crippen LogP contribution < -0.4 is 10.6 Å². The zero-order valence-electron chi connectivity index (χ0n) is 12.5. The number of nitrogens with zero attached hydrogens (tertiary/aromatic N) is 2. The molecule has 21 heavy (non-hydrogen) atoms. The van der Waals surface area contributed by atoms with Gasteiger partial charge in [-0.2, -0.15) is 0 Å². The third-order valence-electron chi connectivity index (χ3n) is 3.09. The number of nitrogens with one attached hydrogen (secondary N) is 2. The maximum absolute atomic E-state index is 13.0. The number of hydrogen-bond donors (Lipinski definition) is 2. The van der Waals surface area contributed by atoms with Gasteiger partial charge in [-0.05, 0) is 37.1 Å². The zero-order valence-corrected chi connectivity index (χ0v) is 12.5. The summed E-state index contributed by atoms with van der Waals surface area (Å²) in [6, 6.07) is 6.26. The van der Waals surface area contributed by atoms with Gasteiger partial charge < -0.3 is 10.6 Å². The summed E-state index contributed by atoms with van der Waals surface area (Å²) in [4.78, 5) is 8.66. The molecule has 1 heterocycles. The predicted octanol–water partition coefficient (Wildman–Crippen LogP) is 4.13. The summed E-state index contributed by atoms with van der Waals surface area (Å²) in [5.74, 6) is 1.40. The van der Waals surface area contributed by atoms with Gasteiger partial charge in [-0.3, -0.25) is 0 Å². The monoisotopic (exact) mass is 288 g/mol. The minimum absolute atomic E-state index is 0.248. The maximum atomic E-state index is 13.0. The highest BCUT2D eigenvalue weighted by atomic mass is 19.1. The number of anilines is 3. The molecule has 0 saturated heterocycles. The predicted molar refractivity (Wildman–Crippen MR) is 84.5 cm³/mol. The van der Waals surface area contributed by atoms with Crippen LogP contribution in [0, 0.1) is 5.82 Å². The minimum atomic E-state index is -0.248. The van der Waals surface area contributed by atoms with Gasteiger partial charge in [-0.15, -0.1) is 0 Å². The summed E-state index contributed by atoms with van der Waals surface area (Å²) in [6.07, 6.45) is 4.47. The molecule has 0 aliphatic rings. The lowest BCUT2D eigenvalue weighted by molar-refractivity contribution is 0.628. The van der Waals surface area contributed by atoms with E-state index in [1.807, 2.05) is 0 Å². The van der Waals surface area contributed by atoms with Crippen molar-refractivity contribution in [3.8, 4) is 0 Å². The molecule has 2 N–H and O–H groups in total. The van der Waals surface area contributed by atoms with Crippen LogP contribution in [0.25, 0.3) is 0 Å². The van der Waals surface area contributed by atoms with E-state index in [-0.39, 0.29) is 5.82 Å². The van der Waals surface area contributed by atoms with Crippen LogP contribution in [0.3, 0.4) is 0 Å². The average Bonchev–Trinajstić information content (AvgIpc) is 2.50. The summed E-state index contributed by atoms with van der Waals surface area (Å²) < 4.78 is 13.0. The second-order valence-corrected chi connectivity index (χ2v) is 4.86. The minimum Gasteiger partial charge on any atom is -0.370 e. The van der Waals surface area contributed by atoms with Crippen molar-refractivity contribution >= 4 is 17.3 Å². The van der Waals surface area contributed by atoms with E-state index < -0.39 is 0 Å². The topological polar surface area (TPSA) is 49.8 Å². The van der Waals surface area contributed by atoms with Crippen LogP contribution in [0.5, 0.6) is 0 Å². The molecule has 0 radical (unpaired) electrons. The number of rotatable bonds is 7. The Bertz CT molecular complexity index is 569. The first-order valence-corrected chi connectivity index (χ1v) is 7.35. The van der Waals surface area contributed by atoms with E-state index in [0.717, 1.165) is 48.7 Å². The molecule has 112 valence electrons. The summed E-state index contributed by atoms with van der Waals surface area (Å²) in [7, 11) is 0. The van der Waals surface area contributed by atoms with Crippen LogP contribution in [-0.4, -0.2) is 16.5 Å². The van der Waals surface area contributed by atoms with Crippen LogP contribution in [0.1, 0.15) is 32.3 Å². The lowest BCUT2D eigenvalue weighted by Gasteiger charge is -2.15. The normalized spacial score (nSPS) is 10.4. The third kappa shape index (κ3) is 4.15. The molecule has 0 aliphatic carbocycles. The SMILES string of the molecule is CCCNc1ncnc(Nc2ccc(F)cc2)c1CCC. The van der Waals surface area contributed by atoms with Gasteiger partial charge in [-0.25, -0.2) is 14.4 Å². The molecule has 0 fully saturated rings. The van der Waals surface area contributed by atoms with E-state index in [2.05, 4.69) is 34.4 Å². The molecule has 0 saturated carbocycles. The van der Waals surface area contributed by atoms with E-state index in [1.165, 1.54) is 12.1 Å². The van der Waals surface area contributed by atoms with Crippen molar-refractivity contribution < 1.29 is 4.39 Å². The van der Waals surface area contributed by atoms with Gasteiger partial charge in [0, 0.05) is 17.8 Å². The smallest absolute Gasteiger partial charge is 0.139 e. The lowest BCUT2D eigenvalue weighted by atomic mass is 10.1. The average molecular weight is 288 g/mol. The Labute approximate surface area is 124 Å². The molecule has 4 nitrogen and oxygen atoms in total. The Kier molecular flexibility index (Phi) is 5.49. The molecule has 1 aromatic carbocycles. The summed E-state index contributed by atoms with van der Waals surface area (Å²) >= 11 is 0. The van der Waals surface area contributed by atoms with Gasteiger partial charge in [0.05, 0.1) is 0 Å². The Morgan fingerprint density at radius 1 is 1.00 bits per heavy atom. The molecular weight excluding hydrogens is 267 g/mol. The second-order valence-electron chi connectivity index (χ2n) is 4.86. The van der Waals surface area contributed by atoms with E-state index in [0.29, 0.717) is 0 Å². The number of halogens is 1. The molecule has 0 atom stereocenters. The van der Waals surface area contributed by atoms with Crippen LogP contribution in [0.4, 0.5) is 21.7 Å². The first-order valence-electron chi connectivity index (χ1n) is 7.35. The standard InChI is InChI=1S/C16H21FN4/c1-3-5-14-15(18-10-4-2)19-11-20-16(14)21-13-8-6-12(17)7-9-13/h6-9,11H,3-5,10H2,1-2H3,(H2,18,19,20,21). The highest BCUT2D eigenvalue weighted by Gasteiger charge is 2.10. The first kappa shape index (κ1) is 15.2. The molecule has 0 spiro atoms. The fourth-order valence-electron chi connectivity index (χ4n) is 2.07. The molecule has 2 rings (SSSR count). The zero-order chi connectivity index (χ0) is 15.1. The van der Waals surface area contributed by atoms with Crippen LogP contribution in [0.15, 0.2) is 30.6 Å². The fraction of sp³-hybridized carbons (Fsp3) is 0.375. The first-order chi connectivity index (χ1) is 10.2. The fourth-order valence-corrected chi connectivity index (χ4v) is 2.07. The molecule has 0 amide bonds. The van der Waals surface area contributed by atoms with Crippen molar-refractivity contribution in [1.29, 1.82) is 0 Å². The van der Waals surface area contributed by atoms with Crippen molar-refractivity contribution in [2.24, 2.45) is 0 Å². The molecule has 1 aromatic heterocycles. The quantitative estimate of drug-likeness (QED) is 0.804. The molecule has 0 bridgehead atoms. The van der Waals surface area contributed by atoms with Crippen molar-refractivity contribution in [3.63, 3.8) is 0 Å². The molecule has 0 aliphatic heterocycles. The van der Waals surface area contributed by atoms with Crippen molar-refractivity contribution in [2.75, 3.05) is 17.2 Å². The van der Waals surface area contributed by atoms with Gasteiger partial charge in [0.15, 0.2) is 0 Å². The Morgan fingerprint density at radius 3 is 2.38 bits per heavy atom. The van der Waals surface area contributed by atoms with Crippen molar-refractivity contribution in [2.45, 2.75) is 33.1 Å². The number of hydrogen-bond acceptors (Lipinski definition) is 4. The van der Waals surface area contributed by atoms with Gasteiger partial charge >= 0.3 is 0 Å². The van der Waals surface area contributed by atoms with E-state index in [1.54, 1.807) is 18.5 Å².